The van der Waals surface area contributed by atoms with Crippen molar-refractivity contribution in [1.29, 1.82) is 0 Å². The highest BCUT2D eigenvalue weighted by Crippen LogP contribution is 2.59. The molecule has 0 saturated carbocycles. The van der Waals surface area contributed by atoms with Gasteiger partial charge in [-0.1, -0.05) is 27.7 Å². The molecule has 3 atom stereocenters. The van der Waals surface area contributed by atoms with E-state index in [1.165, 1.54) is 0 Å². The van der Waals surface area contributed by atoms with E-state index in [2.05, 4.69) is 0 Å². The fourth-order valence-corrected chi connectivity index (χ4v) is 5.18. The monoisotopic (exact) mass is 500 g/mol. The first-order chi connectivity index (χ1) is 17.0. The van der Waals surface area contributed by atoms with E-state index in [0.717, 1.165) is 0 Å². The zero-order valence-electron chi connectivity index (χ0n) is 20.2. The van der Waals surface area contributed by atoms with E-state index in [1.807, 2.05) is 27.7 Å². The molecule has 10 nitrogen and oxygen atoms in total. The third kappa shape index (κ3) is 3.92. The van der Waals surface area contributed by atoms with Gasteiger partial charge in [-0.15, -0.1) is 0 Å². The van der Waals surface area contributed by atoms with Gasteiger partial charge in [-0.2, -0.15) is 0 Å². The minimum atomic E-state index is -1.29. The molecule has 0 radical (unpaired) electrons. The van der Waals surface area contributed by atoms with Gasteiger partial charge in [0, 0.05) is 11.5 Å². The molecule has 0 amide bonds. The van der Waals surface area contributed by atoms with Gasteiger partial charge in [-0.05, 0) is 24.2 Å². The van der Waals surface area contributed by atoms with Crippen LogP contribution in [-0.4, -0.2) is 50.7 Å². The first-order valence-electron chi connectivity index (χ1n) is 11.4. The van der Waals surface area contributed by atoms with Crippen LogP contribution in [0.15, 0.2) is 0 Å². The molecule has 0 aromatic heterocycles. The molecule has 3 rings (SSSR count). The highest BCUT2D eigenvalue weighted by Gasteiger charge is 2.47. The molecule has 0 spiro atoms. The van der Waals surface area contributed by atoms with Crippen molar-refractivity contribution in [2.45, 2.75) is 46.1 Å². The molecule has 10 heteroatoms. The quantitative estimate of drug-likeness (QED) is 0.333. The number of phenolic OH excluding ortho intramolecular Hbond substituents is 5. The third-order valence-corrected chi connectivity index (χ3v) is 6.72. The number of aldehydes is 4. The van der Waals surface area contributed by atoms with Crippen LogP contribution >= 0.6 is 0 Å². The number of hydrogen-bond acceptors (Lipinski definition) is 10. The predicted octanol–water partition coefficient (Wildman–Crippen LogP) is 4.00. The number of carbonyl (C=O) groups is 4. The maximum atomic E-state index is 12.0. The SMILES string of the molecule is CC(C)C[C@@H]1c2c(O)c(C=O)c(O)c(C=O)c2O[C@@H](c2c(O)c(C=O)c(O)c(C=O)c2O)[C@H]1C(C)C. The van der Waals surface area contributed by atoms with Gasteiger partial charge in [-0.3, -0.25) is 19.2 Å². The summed E-state index contributed by atoms with van der Waals surface area (Å²) in [7, 11) is 0. The summed E-state index contributed by atoms with van der Waals surface area (Å²) in [5, 5.41) is 53.5. The normalized spacial score (nSPS) is 19.0. The van der Waals surface area contributed by atoms with Gasteiger partial charge >= 0.3 is 0 Å². The van der Waals surface area contributed by atoms with Crippen molar-refractivity contribution in [2.24, 2.45) is 17.8 Å². The average molecular weight is 501 g/mol. The number of rotatable bonds is 8. The summed E-state index contributed by atoms with van der Waals surface area (Å²) in [6, 6.07) is 0. The van der Waals surface area contributed by atoms with Gasteiger partial charge in [0.25, 0.3) is 0 Å². The second kappa shape index (κ2) is 9.88. The molecule has 5 N–H and O–H groups in total. The maximum absolute atomic E-state index is 12.0. The number of phenols is 5. The van der Waals surface area contributed by atoms with Crippen LogP contribution < -0.4 is 4.74 Å². The van der Waals surface area contributed by atoms with Gasteiger partial charge in [0.05, 0.1) is 27.8 Å². The van der Waals surface area contributed by atoms with E-state index < -0.39 is 68.9 Å². The van der Waals surface area contributed by atoms with Crippen LogP contribution in [0, 0.1) is 17.8 Å². The number of fused-ring (bicyclic) bond motifs is 1. The van der Waals surface area contributed by atoms with Crippen LogP contribution in [0.3, 0.4) is 0 Å². The second-order valence-electron chi connectivity index (χ2n) is 9.62. The molecule has 0 unspecified atom stereocenters. The first-order valence-corrected chi connectivity index (χ1v) is 11.4. The summed E-state index contributed by atoms with van der Waals surface area (Å²) in [4.78, 5) is 46.9. The third-order valence-electron chi connectivity index (χ3n) is 6.72. The van der Waals surface area contributed by atoms with Crippen molar-refractivity contribution in [3.8, 4) is 34.5 Å². The van der Waals surface area contributed by atoms with E-state index in [4.69, 9.17) is 4.74 Å². The lowest BCUT2D eigenvalue weighted by atomic mass is 9.68. The zero-order valence-corrected chi connectivity index (χ0v) is 20.2. The molecule has 1 heterocycles. The average Bonchev–Trinajstić information content (AvgIpc) is 2.79. The molecule has 0 fully saturated rings. The number of aromatic hydroxyl groups is 5. The molecular formula is C26H28O10. The lowest BCUT2D eigenvalue weighted by Gasteiger charge is -2.44. The molecular weight excluding hydrogens is 472 g/mol. The molecule has 0 bridgehead atoms. The minimum absolute atomic E-state index is 0.0218. The Morgan fingerprint density at radius 1 is 0.667 bits per heavy atom. The molecule has 0 saturated heterocycles. The van der Waals surface area contributed by atoms with Crippen LogP contribution in [-0.2, 0) is 0 Å². The highest BCUT2D eigenvalue weighted by atomic mass is 16.5. The number of carbonyl (C=O) groups excluding carboxylic acids is 4. The highest BCUT2D eigenvalue weighted by molar-refractivity contribution is 5.96. The fourth-order valence-electron chi connectivity index (χ4n) is 5.18. The van der Waals surface area contributed by atoms with Gasteiger partial charge in [0.15, 0.2) is 25.1 Å². The van der Waals surface area contributed by atoms with Crippen LogP contribution in [0.5, 0.6) is 34.5 Å². The van der Waals surface area contributed by atoms with E-state index in [-0.39, 0.29) is 53.9 Å². The number of benzene rings is 2. The number of ether oxygens (including phenoxy) is 1. The number of hydrogen-bond donors (Lipinski definition) is 5. The zero-order chi connectivity index (χ0) is 27.1. The summed E-state index contributed by atoms with van der Waals surface area (Å²) in [5.41, 5.74) is -2.43. The molecule has 2 aromatic carbocycles. The summed E-state index contributed by atoms with van der Waals surface area (Å²) in [6.07, 6.45) is -0.171. The lowest BCUT2D eigenvalue weighted by Crippen LogP contribution is -2.35. The van der Waals surface area contributed by atoms with E-state index in [1.54, 1.807) is 0 Å². The topological polar surface area (TPSA) is 179 Å². The second-order valence-corrected chi connectivity index (χ2v) is 9.62. The Labute approximate surface area is 206 Å². The van der Waals surface area contributed by atoms with Crippen molar-refractivity contribution in [3.05, 3.63) is 33.4 Å². The van der Waals surface area contributed by atoms with Crippen molar-refractivity contribution < 1.29 is 49.4 Å². The standard InChI is InChI=1S/C26H28O10/c1-10(2)5-12-17(11(3)4)26(19-23(34)13(6-27)20(31)14(7-28)24(19)35)36-25-16(9-30)21(32)15(8-29)22(33)18(12)25/h6-12,17,26,31-35H,5H2,1-4H3/t12-,17-,26+/m0/s1. The molecule has 36 heavy (non-hydrogen) atoms. The van der Waals surface area contributed by atoms with E-state index in [0.29, 0.717) is 6.42 Å². The van der Waals surface area contributed by atoms with E-state index >= 15 is 0 Å². The van der Waals surface area contributed by atoms with Gasteiger partial charge in [0.2, 0.25) is 0 Å². The van der Waals surface area contributed by atoms with Crippen LogP contribution in [0.2, 0.25) is 0 Å². The smallest absolute Gasteiger partial charge is 0.157 e. The summed E-state index contributed by atoms with van der Waals surface area (Å²) < 4.78 is 6.09. The van der Waals surface area contributed by atoms with Crippen LogP contribution in [0.4, 0.5) is 0 Å². The van der Waals surface area contributed by atoms with Crippen LogP contribution in [0.1, 0.15) is 98.7 Å². The van der Waals surface area contributed by atoms with E-state index in [9.17, 15) is 44.7 Å². The molecule has 2 aromatic rings. The van der Waals surface area contributed by atoms with Crippen molar-refractivity contribution >= 4 is 25.1 Å². The van der Waals surface area contributed by atoms with Crippen molar-refractivity contribution in [1.82, 2.24) is 0 Å². The lowest BCUT2D eigenvalue weighted by molar-refractivity contribution is 0.0499. The molecule has 0 aliphatic carbocycles. The van der Waals surface area contributed by atoms with Crippen molar-refractivity contribution in [2.75, 3.05) is 0 Å². The Balaban J connectivity index is 2.49. The predicted molar refractivity (Wildman–Crippen MR) is 127 cm³/mol. The van der Waals surface area contributed by atoms with Gasteiger partial charge < -0.3 is 30.3 Å². The largest absolute Gasteiger partial charge is 0.507 e. The van der Waals surface area contributed by atoms with Crippen molar-refractivity contribution in [3.63, 3.8) is 0 Å². The Bertz CT molecular complexity index is 1210. The van der Waals surface area contributed by atoms with Gasteiger partial charge in [0.1, 0.15) is 40.6 Å². The Kier molecular flexibility index (Phi) is 7.28. The van der Waals surface area contributed by atoms with Crippen LogP contribution in [0.25, 0.3) is 0 Å². The summed E-state index contributed by atoms with van der Waals surface area (Å²) >= 11 is 0. The Morgan fingerprint density at radius 3 is 1.47 bits per heavy atom. The molecule has 1 aliphatic heterocycles. The molecule has 1 aliphatic rings. The summed E-state index contributed by atoms with van der Waals surface area (Å²) in [6.45, 7) is 7.44. The molecule has 192 valence electrons. The maximum Gasteiger partial charge on any atom is 0.157 e. The summed E-state index contributed by atoms with van der Waals surface area (Å²) in [5.74, 6) is -5.68. The van der Waals surface area contributed by atoms with Gasteiger partial charge in [-0.25, -0.2) is 0 Å². The Hall–Kier alpha value is -4.08. The Morgan fingerprint density at radius 2 is 1.08 bits per heavy atom. The minimum Gasteiger partial charge on any atom is -0.507 e. The fraction of sp³-hybridized carbons (Fsp3) is 0.385. The first kappa shape index (κ1) is 26.5.